The minimum atomic E-state index is -0.0421. The van der Waals surface area contributed by atoms with Crippen LogP contribution >= 0.6 is 0 Å². The summed E-state index contributed by atoms with van der Waals surface area (Å²) in [5.41, 5.74) is 2.91. The molecule has 9 rings (SSSR count). The van der Waals surface area contributed by atoms with Gasteiger partial charge in [0.05, 0.1) is 7.11 Å². The zero-order chi connectivity index (χ0) is 38.9. The Labute approximate surface area is 338 Å². The van der Waals surface area contributed by atoms with Crippen LogP contribution in [0.1, 0.15) is 103 Å². The third-order valence-corrected chi connectivity index (χ3v) is 14.2. The number of ether oxygens (including phenoxy) is 2. The van der Waals surface area contributed by atoms with Gasteiger partial charge in [-0.25, -0.2) is 0 Å². The SMILES string of the molecule is CCCC1CC(COc2ccc3cc(C(=O)[C@@H]4CN(C5CCC5)CC[C@@H]4c4ccccc4)ccc3c2)N(C2CCC2)C[C@H]1C(=O)c1ccc2cc(OC)ccc2c1. The smallest absolute Gasteiger partial charge is 0.167 e. The van der Waals surface area contributed by atoms with Gasteiger partial charge < -0.3 is 9.47 Å². The van der Waals surface area contributed by atoms with E-state index < -0.39 is 0 Å². The van der Waals surface area contributed by atoms with Gasteiger partial charge in [0.1, 0.15) is 18.1 Å². The first-order valence-electron chi connectivity index (χ1n) is 21.8. The molecule has 5 aromatic carbocycles. The third kappa shape index (κ3) is 7.88. The van der Waals surface area contributed by atoms with Gasteiger partial charge in [0.25, 0.3) is 0 Å². The average molecular weight is 763 g/mol. The average Bonchev–Trinajstić information content (AvgIpc) is 3.21. The molecule has 0 amide bonds. The Balaban J connectivity index is 0.898. The minimum Gasteiger partial charge on any atom is -0.497 e. The first kappa shape index (κ1) is 38.0. The Morgan fingerprint density at radius 2 is 1.28 bits per heavy atom. The number of nitrogens with zero attached hydrogens (tertiary/aromatic N) is 2. The summed E-state index contributed by atoms with van der Waals surface area (Å²) in [5.74, 6) is 2.73. The van der Waals surface area contributed by atoms with Crippen molar-refractivity contribution in [2.75, 3.05) is 33.4 Å². The van der Waals surface area contributed by atoms with E-state index >= 15 is 0 Å². The van der Waals surface area contributed by atoms with Crippen molar-refractivity contribution in [3.63, 3.8) is 0 Å². The third-order valence-electron chi connectivity index (χ3n) is 14.2. The topological polar surface area (TPSA) is 59.1 Å². The molecule has 0 aromatic heterocycles. The summed E-state index contributed by atoms with van der Waals surface area (Å²) in [7, 11) is 1.68. The number of benzene rings is 5. The second kappa shape index (κ2) is 16.8. The monoisotopic (exact) mass is 762 g/mol. The molecular formula is C51H58N2O4. The maximum Gasteiger partial charge on any atom is 0.167 e. The van der Waals surface area contributed by atoms with Gasteiger partial charge in [-0.3, -0.25) is 19.4 Å². The second-order valence-electron chi connectivity index (χ2n) is 17.5. The van der Waals surface area contributed by atoms with E-state index in [1.807, 2.05) is 24.3 Å². The highest BCUT2D eigenvalue weighted by Crippen LogP contribution is 2.41. The first-order chi connectivity index (χ1) is 27.9. The molecule has 2 aliphatic carbocycles. The molecule has 5 atom stereocenters. The number of carbonyl (C=O) groups is 2. The largest absolute Gasteiger partial charge is 0.497 e. The Morgan fingerprint density at radius 3 is 1.91 bits per heavy atom. The Morgan fingerprint density at radius 1 is 0.667 bits per heavy atom. The molecule has 6 nitrogen and oxygen atoms in total. The number of methoxy groups -OCH3 is 1. The summed E-state index contributed by atoms with van der Waals surface area (Å²) in [6, 6.07) is 36.9. The summed E-state index contributed by atoms with van der Waals surface area (Å²) in [6.45, 7) is 5.57. The summed E-state index contributed by atoms with van der Waals surface area (Å²) < 4.78 is 12.1. The molecule has 2 aliphatic heterocycles. The van der Waals surface area contributed by atoms with E-state index in [-0.39, 0.29) is 35.4 Å². The fraction of sp³-hybridized carbons (Fsp3) is 0.451. The highest BCUT2D eigenvalue weighted by atomic mass is 16.5. The van der Waals surface area contributed by atoms with Crippen molar-refractivity contribution in [3.8, 4) is 11.5 Å². The zero-order valence-electron chi connectivity index (χ0n) is 33.8. The van der Waals surface area contributed by atoms with Gasteiger partial charge in [-0.2, -0.15) is 0 Å². The summed E-state index contributed by atoms with van der Waals surface area (Å²) in [6.07, 6.45) is 11.6. The van der Waals surface area contributed by atoms with Crippen LogP contribution in [0.15, 0.2) is 103 Å². The number of hydrogen-bond acceptors (Lipinski definition) is 6. The zero-order valence-corrected chi connectivity index (χ0v) is 33.8. The van der Waals surface area contributed by atoms with Crippen LogP contribution in [0.3, 0.4) is 0 Å². The molecule has 2 unspecified atom stereocenters. The van der Waals surface area contributed by atoms with Crippen LogP contribution in [0.25, 0.3) is 21.5 Å². The van der Waals surface area contributed by atoms with Crippen LogP contribution in [-0.4, -0.2) is 72.8 Å². The van der Waals surface area contributed by atoms with Crippen molar-refractivity contribution in [3.05, 3.63) is 120 Å². The summed E-state index contributed by atoms with van der Waals surface area (Å²) in [4.78, 5) is 33.9. The Hall–Kier alpha value is -4.52. The fourth-order valence-corrected chi connectivity index (χ4v) is 10.5. The van der Waals surface area contributed by atoms with Crippen molar-refractivity contribution in [1.82, 2.24) is 9.80 Å². The van der Waals surface area contributed by atoms with Crippen molar-refractivity contribution in [2.24, 2.45) is 17.8 Å². The van der Waals surface area contributed by atoms with Crippen LogP contribution < -0.4 is 9.47 Å². The number of fused-ring (bicyclic) bond motifs is 2. The number of likely N-dealkylation sites (tertiary alicyclic amines) is 2. The van der Waals surface area contributed by atoms with E-state index in [0.717, 1.165) is 89.5 Å². The molecule has 2 saturated heterocycles. The highest BCUT2D eigenvalue weighted by molar-refractivity contribution is 6.03. The maximum atomic E-state index is 14.4. The quantitative estimate of drug-likeness (QED) is 0.111. The second-order valence-corrected chi connectivity index (χ2v) is 17.5. The molecule has 0 N–H and O–H groups in total. The molecule has 0 radical (unpaired) electrons. The molecule has 2 heterocycles. The van der Waals surface area contributed by atoms with E-state index in [4.69, 9.17) is 9.47 Å². The van der Waals surface area contributed by atoms with Crippen LogP contribution in [0.5, 0.6) is 11.5 Å². The van der Waals surface area contributed by atoms with Gasteiger partial charge in [-0.05, 0) is 127 Å². The lowest BCUT2D eigenvalue weighted by Gasteiger charge is -2.49. The van der Waals surface area contributed by atoms with Crippen molar-refractivity contribution < 1.29 is 19.1 Å². The van der Waals surface area contributed by atoms with Crippen LogP contribution in [0.2, 0.25) is 0 Å². The van der Waals surface area contributed by atoms with E-state index in [0.29, 0.717) is 24.6 Å². The van der Waals surface area contributed by atoms with Gasteiger partial charge in [0, 0.05) is 54.2 Å². The van der Waals surface area contributed by atoms with Gasteiger partial charge >= 0.3 is 0 Å². The predicted octanol–water partition coefficient (Wildman–Crippen LogP) is 10.8. The number of hydrogen-bond donors (Lipinski definition) is 0. The normalized spacial score (nSPS) is 24.8. The molecule has 6 heteroatoms. The lowest BCUT2D eigenvalue weighted by atomic mass is 9.74. The van der Waals surface area contributed by atoms with E-state index in [1.165, 1.54) is 44.1 Å². The van der Waals surface area contributed by atoms with Gasteiger partial charge in [-0.15, -0.1) is 0 Å². The molecule has 57 heavy (non-hydrogen) atoms. The summed E-state index contributed by atoms with van der Waals surface area (Å²) >= 11 is 0. The molecule has 296 valence electrons. The molecule has 0 spiro atoms. The number of ketones is 2. The maximum absolute atomic E-state index is 14.4. The molecule has 2 saturated carbocycles. The molecule has 4 fully saturated rings. The molecular weight excluding hydrogens is 705 g/mol. The van der Waals surface area contributed by atoms with E-state index in [2.05, 4.69) is 95.6 Å². The van der Waals surface area contributed by atoms with Gasteiger partial charge in [-0.1, -0.05) is 92.9 Å². The van der Waals surface area contributed by atoms with Gasteiger partial charge in [0.15, 0.2) is 11.6 Å². The van der Waals surface area contributed by atoms with Crippen LogP contribution in [-0.2, 0) is 0 Å². The lowest BCUT2D eigenvalue weighted by Crippen LogP contribution is -2.57. The number of rotatable bonds is 13. The van der Waals surface area contributed by atoms with E-state index in [9.17, 15) is 9.59 Å². The first-order valence-corrected chi connectivity index (χ1v) is 21.8. The standard InChI is InChI=1S/C51H58N2O4/c1-3-9-39-28-44(53(43-14-8-15-43)32-48(39)50(54)40-18-16-37-29-45(56-2)22-20-35(37)26-40)33-57-46-23-21-36-27-41(19-17-38(36)30-46)51(55)49-31-52(42-12-7-13-42)25-24-47(49)34-10-5-4-6-11-34/h4-6,10-11,16-23,26-27,29-30,39,42-44,47-49H,3,7-9,12-15,24-25,28,31-33H2,1-2H3/t39?,44?,47-,48-,49-/m1/s1. The highest BCUT2D eigenvalue weighted by Gasteiger charge is 2.43. The van der Waals surface area contributed by atoms with Crippen LogP contribution in [0.4, 0.5) is 0 Å². The molecule has 5 aromatic rings. The molecule has 4 aliphatic rings. The van der Waals surface area contributed by atoms with Crippen molar-refractivity contribution >= 4 is 33.1 Å². The Bertz CT molecular complexity index is 2210. The van der Waals surface area contributed by atoms with Gasteiger partial charge in [0.2, 0.25) is 0 Å². The number of carbonyl (C=O) groups excluding carboxylic acids is 2. The molecule has 0 bridgehead atoms. The summed E-state index contributed by atoms with van der Waals surface area (Å²) in [5, 5.41) is 4.32. The minimum absolute atomic E-state index is 0.0204. The number of Topliss-reactive ketones (excluding diaryl/α,β-unsaturated/α-hetero) is 2. The fourth-order valence-electron chi connectivity index (χ4n) is 10.5. The lowest BCUT2D eigenvalue weighted by molar-refractivity contribution is -0.0150. The Kier molecular flexibility index (Phi) is 11.2. The predicted molar refractivity (Wildman–Crippen MR) is 230 cm³/mol. The van der Waals surface area contributed by atoms with E-state index in [1.54, 1.807) is 7.11 Å². The van der Waals surface area contributed by atoms with Crippen molar-refractivity contribution in [2.45, 2.75) is 95.2 Å². The van der Waals surface area contributed by atoms with Crippen LogP contribution in [0, 0.1) is 17.8 Å². The van der Waals surface area contributed by atoms with Crippen molar-refractivity contribution in [1.29, 1.82) is 0 Å². The number of piperidine rings is 2.